The van der Waals surface area contributed by atoms with E-state index in [-0.39, 0.29) is 0 Å². The van der Waals surface area contributed by atoms with Gasteiger partial charge < -0.3 is 9.47 Å². The van der Waals surface area contributed by atoms with Gasteiger partial charge in [0, 0.05) is 6.20 Å². The molecule has 0 amide bonds. The van der Waals surface area contributed by atoms with Crippen LogP contribution in [0.2, 0.25) is 0 Å². The maximum absolute atomic E-state index is 5.15. The summed E-state index contributed by atoms with van der Waals surface area (Å²) in [4.78, 5) is 4.06. The predicted octanol–water partition coefficient (Wildman–Crippen LogP) is 2.17. The summed E-state index contributed by atoms with van der Waals surface area (Å²) in [6.07, 6.45) is 1.66. The van der Waals surface area contributed by atoms with Gasteiger partial charge in [-0.25, -0.2) is 4.98 Å². The highest BCUT2D eigenvalue weighted by Crippen LogP contribution is 2.32. The normalized spacial score (nSPS) is 9.67. The Morgan fingerprint density at radius 3 is 2.50 bits per heavy atom. The summed E-state index contributed by atoms with van der Waals surface area (Å²) < 4.78 is 11.0. The molecule has 12 heavy (non-hydrogen) atoms. The van der Waals surface area contributed by atoms with E-state index in [9.17, 15) is 0 Å². The number of hydrogen-bond acceptors (Lipinski definition) is 3. The molecule has 3 nitrogen and oxygen atoms in total. The third-order valence-electron chi connectivity index (χ3n) is 1.57. The molecule has 0 fully saturated rings. The molecule has 1 rings (SSSR count). The molecule has 0 aliphatic carbocycles. The molecule has 0 aromatic carbocycles. The van der Waals surface area contributed by atoms with Gasteiger partial charge in [-0.15, -0.1) is 0 Å². The van der Waals surface area contributed by atoms with Gasteiger partial charge in [0.05, 0.1) is 24.3 Å². The molecule has 0 aliphatic heterocycles. The van der Waals surface area contributed by atoms with Crippen molar-refractivity contribution in [3.63, 3.8) is 0 Å². The van der Waals surface area contributed by atoms with Crippen molar-refractivity contribution in [1.29, 1.82) is 0 Å². The van der Waals surface area contributed by atoms with Crippen LogP contribution in [0, 0.1) is 6.92 Å². The predicted molar refractivity (Wildman–Crippen MR) is 49.8 cm³/mol. The lowest BCUT2D eigenvalue weighted by Crippen LogP contribution is -1.95. The van der Waals surface area contributed by atoms with E-state index in [1.54, 1.807) is 20.4 Å². The van der Waals surface area contributed by atoms with Gasteiger partial charge in [-0.1, -0.05) is 0 Å². The highest BCUT2D eigenvalue weighted by atomic mass is 79.9. The highest BCUT2D eigenvalue weighted by molar-refractivity contribution is 9.10. The minimum absolute atomic E-state index is 0.593. The van der Waals surface area contributed by atoms with Crippen LogP contribution in [0.15, 0.2) is 10.7 Å². The minimum atomic E-state index is 0.593. The van der Waals surface area contributed by atoms with Crippen molar-refractivity contribution >= 4 is 15.9 Å². The van der Waals surface area contributed by atoms with Gasteiger partial charge in [-0.2, -0.15) is 0 Å². The molecule has 0 unspecified atom stereocenters. The Kier molecular flexibility index (Phi) is 2.92. The van der Waals surface area contributed by atoms with Gasteiger partial charge >= 0.3 is 0 Å². The number of aromatic nitrogens is 1. The first-order chi connectivity index (χ1) is 5.70. The molecule has 0 aliphatic rings. The zero-order valence-corrected chi connectivity index (χ0v) is 8.81. The first kappa shape index (κ1) is 9.32. The molecule has 0 bridgehead atoms. The SMILES string of the molecule is COc1ncc(Br)c(OC)c1C. The third-order valence-corrected chi connectivity index (χ3v) is 2.14. The number of pyridine rings is 1. The van der Waals surface area contributed by atoms with Gasteiger partial charge in [-0.05, 0) is 22.9 Å². The Bertz CT molecular complexity index is 289. The average molecular weight is 232 g/mol. The molecular weight excluding hydrogens is 222 g/mol. The quantitative estimate of drug-likeness (QED) is 0.782. The molecule has 0 atom stereocenters. The van der Waals surface area contributed by atoms with Gasteiger partial charge in [0.2, 0.25) is 5.88 Å². The van der Waals surface area contributed by atoms with Crippen molar-refractivity contribution in [3.8, 4) is 11.6 Å². The molecule has 0 spiro atoms. The summed E-state index contributed by atoms with van der Waals surface area (Å²) in [5.41, 5.74) is 0.898. The van der Waals surface area contributed by atoms with E-state index in [0.29, 0.717) is 5.88 Å². The Balaban J connectivity index is 3.24. The second-order valence-electron chi connectivity index (χ2n) is 2.27. The molecule has 0 saturated heterocycles. The van der Waals surface area contributed by atoms with Gasteiger partial charge in [-0.3, -0.25) is 0 Å². The van der Waals surface area contributed by atoms with Crippen LogP contribution >= 0.6 is 15.9 Å². The summed E-state index contributed by atoms with van der Waals surface area (Å²) in [6, 6.07) is 0. The van der Waals surface area contributed by atoms with E-state index in [1.807, 2.05) is 6.92 Å². The standard InChI is InChI=1S/C8H10BrNO2/c1-5-7(11-2)6(9)4-10-8(5)12-3/h4H,1-3H3. The van der Waals surface area contributed by atoms with Crippen molar-refractivity contribution in [2.45, 2.75) is 6.92 Å². The number of nitrogens with zero attached hydrogens (tertiary/aromatic N) is 1. The van der Waals surface area contributed by atoms with Crippen molar-refractivity contribution in [2.75, 3.05) is 14.2 Å². The van der Waals surface area contributed by atoms with E-state index >= 15 is 0 Å². The maximum Gasteiger partial charge on any atom is 0.219 e. The molecular formula is C8H10BrNO2. The summed E-state index contributed by atoms with van der Waals surface area (Å²) in [7, 11) is 3.20. The van der Waals surface area contributed by atoms with E-state index in [2.05, 4.69) is 20.9 Å². The number of hydrogen-bond donors (Lipinski definition) is 0. The second kappa shape index (κ2) is 3.76. The first-order valence-electron chi connectivity index (χ1n) is 3.43. The van der Waals surface area contributed by atoms with E-state index in [4.69, 9.17) is 9.47 Å². The number of rotatable bonds is 2. The zero-order chi connectivity index (χ0) is 9.14. The zero-order valence-electron chi connectivity index (χ0n) is 7.22. The van der Waals surface area contributed by atoms with Crippen LogP contribution in [0.25, 0.3) is 0 Å². The summed E-state index contributed by atoms with van der Waals surface area (Å²) in [5.74, 6) is 1.36. The molecule has 1 heterocycles. The summed E-state index contributed by atoms with van der Waals surface area (Å²) in [6.45, 7) is 1.90. The van der Waals surface area contributed by atoms with Crippen molar-refractivity contribution in [2.24, 2.45) is 0 Å². The summed E-state index contributed by atoms with van der Waals surface area (Å²) >= 11 is 3.33. The topological polar surface area (TPSA) is 31.4 Å². The molecule has 1 aromatic rings. The Labute approximate surface area is 79.8 Å². The van der Waals surface area contributed by atoms with Crippen LogP contribution in [0.5, 0.6) is 11.6 Å². The molecule has 66 valence electrons. The van der Waals surface area contributed by atoms with Gasteiger partial charge in [0.15, 0.2) is 0 Å². The van der Waals surface area contributed by atoms with Gasteiger partial charge in [0.1, 0.15) is 5.75 Å². The summed E-state index contributed by atoms with van der Waals surface area (Å²) in [5, 5.41) is 0. The smallest absolute Gasteiger partial charge is 0.219 e. The second-order valence-corrected chi connectivity index (χ2v) is 3.13. The molecule has 0 saturated carbocycles. The Morgan fingerprint density at radius 2 is 2.00 bits per heavy atom. The lowest BCUT2D eigenvalue weighted by Gasteiger charge is -2.09. The van der Waals surface area contributed by atoms with E-state index in [0.717, 1.165) is 15.8 Å². The van der Waals surface area contributed by atoms with Crippen LogP contribution < -0.4 is 9.47 Å². The first-order valence-corrected chi connectivity index (χ1v) is 4.23. The van der Waals surface area contributed by atoms with Crippen LogP contribution in [0.4, 0.5) is 0 Å². The molecule has 1 aromatic heterocycles. The van der Waals surface area contributed by atoms with Gasteiger partial charge in [0.25, 0.3) is 0 Å². The average Bonchev–Trinajstić information content (AvgIpc) is 2.06. The van der Waals surface area contributed by atoms with Crippen LogP contribution in [-0.4, -0.2) is 19.2 Å². The molecule has 0 N–H and O–H groups in total. The number of halogens is 1. The van der Waals surface area contributed by atoms with Crippen molar-refractivity contribution in [3.05, 3.63) is 16.2 Å². The fourth-order valence-corrected chi connectivity index (χ4v) is 1.57. The van der Waals surface area contributed by atoms with E-state index < -0.39 is 0 Å². The van der Waals surface area contributed by atoms with Crippen molar-refractivity contribution in [1.82, 2.24) is 4.98 Å². The number of methoxy groups -OCH3 is 2. The fourth-order valence-electron chi connectivity index (χ4n) is 1.00. The maximum atomic E-state index is 5.15. The van der Waals surface area contributed by atoms with Crippen molar-refractivity contribution < 1.29 is 9.47 Å². The van der Waals surface area contributed by atoms with Crippen LogP contribution in [0.3, 0.4) is 0 Å². The van der Waals surface area contributed by atoms with Crippen LogP contribution in [-0.2, 0) is 0 Å². The molecule has 0 radical (unpaired) electrons. The lowest BCUT2D eigenvalue weighted by molar-refractivity contribution is 0.375. The van der Waals surface area contributed by atoms with Crippen LogP contribution in [0.1, 0.15) is 5.56 Å². The largest absolute Gasteiger partial charge is 0.495 e. The third kappa shape index (κ3) is 1.53. The minimum Gasteiger partial charge on any atom is -0.495 e. The monoisotopic (exact) mass is 231 g/mol. The molecule has 4 heteroatoms. The number of ether oxygens (including phenoxy) is 2. The lowest BCUT2D eigenvalue weighted by atomic mass is 10.3. The fraction of sp³-hybridized carbons (Fsp3) is 0.375. The van der Waals surface area contributed by atoms with E-state index in [1.165, 1.54) is 0 Å². The Morgan fingerprint density at radius 1 is 1.33 bits per heavy atom. The Hall–Kier alpha value is -0.770. The highest BCUT2D eigenvalue weighted by Gasteiger charge is 2.09.